The van der Waals surface area contributed by atoms with Crippen LogP contribution in [0.25, 0.3) is 0 Å². The van der Waals surface area contributed by atoms with E-state index in [0.717, 1.165) is 25.7 Å². The van der Waals surface area contributed by atoms with Crippen LogP contribution in [0, 0.1) is 5.92 Å². The van der Waals surface area contributed by atoms with E-state index in [1.54, 1.807) is 4.31 Å². The van der Waals surface area contributed by atoms with Crippen molar-refractivity contribution in [2.45, 2.75) is 45.6 Å². The lowest BCUT2D eigenvalue weighted by Gasteiger charge is -2.36. The van der Waals surface area contributed by atoms with Gasteiger partial charge in [0.1, 0.15) is 0 Å². The average Bonchev–Trinajstić information content (AvgIpc) is 2.11. The summed E-state index contributed by atoms with van der Waals surface area (Å²) in [5, 5.41) is 0. The summed E-state index contributed by atoms with van der Waals surface area (Å²) >= 11 is 0. The number of nitrogens with zero attached hydrogens (tertiary/aromatic N) is 1. The molecule has 1 aliphatic rings. The van der Waals surface area contributed by atoms with Crippen molar-refractivity contribution in [2.75, 3.05) is 18.8 Å². The topological polar surface area (TPSA) is 63.4 Å². The highest BCUT2D eigenvalue weighted by Gasteiger charge is 2.32. The molecular formula is C11H24N2O2S. The first-order valence-corrected chi connectivity index (χ1v) is 7.78. The molecule has 0 aromatic rings. The molecule has 0 heterocycles. The van der Waals surface area contributed by atoms with Crippen molar-refractivity contribution in [1.29, 1.82) is 0 Å². The van der Waals surface area contributed by atoms with E-state index in [1.165, 1.54) is 0 Å². The zero-order valence-corrected chi connectivity index (χ0v) is 11.2. The van der Waals surface area contributed by atoms with E-state index >= 15 is 0 Å². The molecule has 0 unspecified atom stereocenters. The molecule has 0 spiro atoms. The van der Waals surface area contributed by atoms with Gasteiger partial charge in [-0.15, -0.1) is 0 Å². The van der Waals surface area contributed by atoms with E-state index in [1.807, 2.05) is 13.8 Å². The summed E-state index contributed by atoms with van der Waals surface area (Å²) in [6.07, 6.45) is 3.88. The summed E-state index contributed by atoms with van der Waals surface area (Å²) < 4.78 is 25.9. The molecule has 0 amide bonds. The molecule has 5 heteroatoms. The van der Waals surface area contributed by atoms with Crippen molar-refractivity contribution in [3.05, 3.63) is 0 Å². The second-order valence-corrected chi connectivity index (χ2v) is 7.02. The molecule has 0 aromatic carbocycles. The molecule has 0 bridgehead atoms. The van der Waals surface area contributed by atoms with Gasteiger partial charge in [-0.2, -0.15) is 4.31 Å². The van der Waals surface area contributed by atoms with Crippen LogP contribution in [0.2, 0.25) is 0 Å². The van der Waals surface area contributed by atoms with Gasteiger partial charge in [0.25, 0.3) is 0 Å². The first-order valence-electron chi connectivity index (χ1n) is 6.17. The summed E-state index contributed by atoms with van der Waals surface area (Å²) in [4.78, 5) is 0. The third kappa shape index (κ3) is 3.71. The van der Waals surface area contributed by atoms with Gasteiger partial charge in [0.15, 0.2) is 0 Å². The van der Waals surface area contributed by atoms with Crippen molar-refractivity contribution >= 4 is 10.0 Å². The van der Waals surface area contributed by atoms with Crippen LogP contribution in [0.15, 0.2) is 0 Å². The van der Waals surface area contributed by atoms with Crippen LogP contribution in [-0.2, 0) is 10.0 Å². The van der Waals surface area contributed by atoms with Gasteiger partial charge in [-0.05, 0) is 25.2 Å². The Morgan fingerprint density at radius 3 is 2.38 bits per heavy atom. The van der Waals surface area contributed by atoms with E-state index in [9.17, 15) is 8.42 Å². The van der Waals surface area contributed by atoms with Gasteiger partial charge in [0, 0.05) is 19.1 Å². The van der Waals surface area contributed by atoms with Gasteiger partial charge in [0.05, 0.1) is 5.75 Å². The van der Waals surface area contributed by atoms with E-state index in [4.69, 9.17) is 5.73 Å². The Morgan fingerprint density at radius 2 is 2.00 bits per heavy atom. The quantitative estimate of drug-likeness (QED) is 0.736. The standard InChI is InChI=1S/C11H24N2O2S/c1-10(2)6-9-16(14,15)13(8-7-12)11-4-3-5-11/h10-11H,3-9,12H2,1-2H3. The highest BCUT2D eigenvalue weighted by Crippen LogP contribution is 2.27. The number of hydrogen-bond donors (Lipinski definition) is 1. The zero-order valence-electron chi connectivity index (χ0n) is 10.4. The number of rotatable bonds is 7. The summed E-state index contributed by atoms with van der Waals surface area (Å²) in [5.74, 6) is 0.692. The highest BCUT2D eigenvalue weighted by molar-refractivity contribution is 7.89. The third-order valence-electron chi connectivity index (χ3n) is 3.14. The maximum atomic E-state index is 12.1. The first-order chi connectivity index (χ1) is 7.47. The summed E-state index contributed by atoms with van der Waals surface area (Å²) in [5.41, 5.74) is 5.49. The van der Waals surface area contributed by atoms with E-state index in [-0.39, 0.29) is 11.8 Å². The first kappa shape index (κ1) is 13.9. The molecule has 96 valence electrons. The van der Waals surface area contributed by atoms with Crippen molar-refractivity contribution in [1.82, 2.24) is 4.31 Å². The van der Waals surface area contributed by atoms with Crippen LogP contribution in [0.1, 0.15) is 39.5 Å². The Hall–Kier alpha value is -0.130. The predicted molar refractivity (Wildman–Crippen MR) is 66.6 cm³/mol. The van der Waals surface area contributed by atoms with Gasteiger partial charge < -0.3 is 5.73 Å². The molecular weight excluding hydrogens is 224 g/mol. The lowest BCUT2D eigenvalue weighted by molar-refractivity contribution is 0.223. The zero-order chi connectivity index (χ0) is 12.2. The molecule has 0 atom stereocenters. The van der Waals surface area contributed by atoms with Crippen molar-refractivity contribution < 1.29 is 8.42 Å². The summed E-state index contributed by atoms with van der Waals surface area (Å²) in [7, 11) is -3.09. The molecule has 0 aromatic heterocycles. The maximum absolute atomic E-state index is 12.1. The van der Waals surface area contributed by atoms with E-state index in [0.29, 0.717) is 19.0 Å². The molecule has 2 N–H and O–H groups in total. The molecule has 0 radical (unpaired) electrons. The van der Waals surface area contributed by atoms with Gasteiger partial charge in [-0.25, -0.2) is 8.42 Å². The van der Waals surface area contributed by atoms with Crippen LogP contribution in [0.3, 0.4) is 0 Å². The Morgan fingerprint density at radius 1 is 1.38 bits per heavy atom. The predicted octanol–water partition coefficient (Wildman–Crippen LogP) is 1.18. The van der Waals surface area contributed by atoms with Crippen LogP contribution in [-0.4, -0.2) is 37.6 Å². The van der Waals surface area contributed by atoms with Crippen molar-refractivity contribution in [3.63, 3.8) is 0 Å². The lowest BCUT2D eigenvalue weighted by atomic mass is 9.93. The Labute approximate surface area is 99.2 Å². The van der Waals surface area contributed by atoms with Crippen LogP contribution in [0.5, 0.6) is 0 Å². The maximum Gasteiger partial charge on any atom is 0.214 e. The molecule has 4 nitrogen and oxygen atoms in total. The summed E-state index contributed by atoms with van der Waals surface area (Å²) in [6, 6.07) is 0.223. The Bertz CT molecular complexity index is 297. The monoisotopic (exact) mass is 248 g/mol. The van der Waals surface area contributed by atoms with Gasteiger partial charge in [-0.1, -0.05) is 20.3 Å². The smallest absolute Gasteiger partial charge is 0.214 e. The van der Waals surface area contributed by atoms with E-state index < -0.39 is 10.0 Å². The largest absolute Gasteiger partial charge is 0.329 e. The minimum Gasteiger partial charge on any atom is -0.329 e. The number of nitrogens with two attached hydrogens (primary N) is 1. The van der Waals surface area contributed by atoms with Gasteiger partial charge >= 0.3 is 0 Å². The fourth-order valence-electron chi connectivity index (χ4n) is 1.85. The Kier molecular flexibility index (Phi) is 5.21. The Balaban J connectivity index is 2.60. The normalized spacial score (nSPS) is 18.1. The summed E-state index contributed by atoms with van der Waals surface area (Å²) in [6.45, 7) is 4.99. The average molecular weight is 248 g/mol. The van der Waals surface area contributed by atoms with Crippen LogP contribution in [0.4, 0.5) is 0 Å². The van der Waals surface area contributed by atoms with Gasteiger partial charge in [-0.3, -0.25) is 0 Å². The third-order valence-corrected chi connectivity index (χ3v) is 5.09. The van der Waals surface area contributed by atoms with Crippen LogP contribution >= 0.6 is 0 Å². The fourth-order valence-corrected chi connectivity index (χ4v) is 3.91. The highest BCUT2D eigenvalue weighted by atomic mass is 32.2. The number of hydrogen-bond acceptors (Lipinski definition) is 3. The second kappa shape index (κ2) is 5.98. The van der Waals surface area contributed by atoms with Crippen molar-refractivity contribution in [2.24, 2.45) is 11.7 Å². The minimum atomic E-state index is -3.09. The molecule has 1 saturated carbocycles. The van der Waals surface area contributed by atoms with Crippen LogP contribution < -0.4 is 5.73 Å². The molecule has 16 heavy (non-hydrogen) atoms. The molecule has 1 rings (SSSR count). The molecule has 0 aliphatic heterocycles. The molecule has 1 aliphatic carbocycles. The number of sulfonamides is 1. The SMILES string of the molecule is CC(C)CCS(=O)(=O)N(CCN)C1CCC1. The lowest BCUT2D eigenvalue weighted by Crippen LogP contribution is -2.47. The molecule has 0 saturated heterocycles. The molecule has 1 fully saturated rings. The van der Waals surface area contributed by atoms with E-state index in [2.05, 4.69) is 0 Å². The fraction of sp³-hybridized carbons (Fsp3) is 1.00. The van der Waals surface area contributed by atoms with Gasteiger partial charge in [0.2, 0.25) is 10.0 Å². The second-order valence-electron chi connectivity index (χ2n) is 4.98. The van der Waals surface area contributed by atoms with Crippen molar-refractivity contribution in [3.8, 4) is 0 Å². The minimum absolute atomic E-state index is 0.223.